The van der Waals surface area contributed by atoms with Gasteiger partial charge in [0.2, 0.25) is 0 Å². The Morgan fingerprint density at radius 3 is 2.04 bits per heavy atom. The van der Waals surface area contributed by atoms with Crippen LogP contribution in [0.4, 0.5) is 4.79 Å². The highest BCUT2D eigenvalue weighted by molar-refractivity contribution is 5.81. The first-order valence-corrected chi connectivity index (χ1v) is 9.37. The summed E-state index contributed by atoms with van der Waals surface area (Å²) < 4.78 is 10.6. The lowest BCUT2D eigenvalue weighted by Gasteiger charge is -2.29. The Bertz CT molecular complexity index is 355. The first-order chi connectivity index (χ1) is 11.3. The number of hydrogen-bond acceptors (Lipinski definition) is 4. The molecule has 0 N–H and O–H groups in total. The molecule has 0 saturated carbocycles. The largest absolute Gasteiger partial charge is 0.464 e. The van der Waals surface area contributed by atoms with Crippen molar-refractivity contribution in [2.75, 3.05) is 20.3 Å². The highest BCUT2D eigenvalue weighted by Gasteiger charge is 2.32. The summed E-state index contributed by atoms with van der Waals surface area (Å²) >= 11 is 0. The number of rotatable bonds is 12. The van der Waals surface area contributed by atoms with Gasteiger partial charge in [0.1, 0.15) is 6.04 Å². The van der Waals surface area contributed by atoms with Gasteiger partial charge in [-0.3, -0.25) is 4.90 Å². The van der Waals surface area contributed by atoms with Gasteiger partial charge in [-0.2, -0.15) is 0 Å². The summed E-state index contributed by atoms with van der Waals surface area (Å²) in [6.45, 7) is 10.7. The third-order valence-corrected chi connectivity index (χ3v) is 3.86. The summed E-state index contributed by atoms with van der Waals surface area (Å²) in [5.74, 6) is -0.110. The Labute approximate surface area is 148 Å². The van der Waals surface area contributed by atoms with Crippen molar-refractivity contribution in [3.05, 3.63) is 0 Å². The van der Waals surface area contributed by atoms with Crippen LogP contribution in [0.15, 0.2) is 0 Å². The predicted octanol–water partition coefficient (Wildman–Crippen LogP) is 4.64. The molecule has 0 aromatic carbocycles. The molecule has 1 unspecified atom stereocenters. The lowest BCUT2D eigenvalue weighted by molar-refractivity contribution is -0.150. The molecule has 0 heterocycles. The standard InChI is InChI=1S/C19H37NO4/c1-7-8-9-10-11-12-13-23-18(21)17(16(4)5)20(6)19(22)24-14-15(2)3/h15-17H,7-14H2,1-6H3. The van der Waals surface area contributed by atoms with E-state index in [1.807, 2.05) is 27.7 Å². The van der Waals surface area contributed by atoms with Crippen molar-refractivity contribution in [1.82, 2.24) is 4.90 Å². The average molecular weight is 344 g/mol. The van der Waals surface area contributed by atoms with E-state index in [2.05, 4.69) is 6.92 Å². The zero-order chi connectivity index (χ0) is 18.5. The Hall–Kier alpha value is -1.26. The molecule has 142 valence electrons. The molecule has 0 aromatic heterocycles. The molecule has 5 heteroatoms. The fourth-order valence-electron chi connectivity index (χ4n) is 2.47. The van der Waals surface area contributed by atoms with E-state index in [1.165, 1.54) is 30.6 Å². The quantitative estimate of drug-likeness (QED) is 0.383. The molecule has 0 radical (unpaired) electrons. The first-order valence-electron chi connectivity index (χ1n) is 9.37. The van der Waals surface area contributed by atoms with Crippen LogP contribution in [0.25, 0.3) is 0 Å². The van der Waals surface area contributed by atoms with Gasteiger partial charge in [-0.25, -0.2) is 9.59 Å². The second-order valence-corrected chi connectivity index (χ2v) is 7.21. The van der Waals surface area contributed by atoms with Crippen molar-refractivity contribution < 1.29 is 19.1 Å². The SMILES string of the molecule is CCCCCCCCOC(=O)C(C(C)C)N(C)C(=O)OCC(C)C. The number of ether oxygens (including phenoxy) is 2. The lowest BCUT2D eigenvalue weighted by atomic mass is 10.0. The summed E-state index contributed by atoms with van der Waals surface area (Å²) in [7, 11) is 1.60. The van der Waals surface area contributed by atoms with Gasteiger partial charge >= 0.3 is 12.1 Å². The van der Waals surface area contributed by atoms with Crippen molar-refractivity contribution in [3.63, 3.8) is 0 Å². The molecule has 1 amide bonds. The maximum absolute atomic E-state index is 12.3. The maximum Gasteiger partial charge on any atom is 0.410 e. The second-order valence-electron chi connectivity index (χ2n) is 7.21. The average Bonchev–Trinajstić information content (AvgIpc) is 2.51. The topological polar surface area (TPSA) is 55.8 Å². The van der Waals surface area contributed by atoms with E-state index in [9.17, 15) is 9.59 Å². The van der Waals surface area contributed by atoms with E-state index in [1.54, 1.807) is 7.05 Å². The smallest absolute Gasteiger partial charge is 0.410 e. The first kappa shape index (κ1) is 22.7. The van der Waals surface area contributed by atoms with Crippen molar-refractivity contribution in [1.29, 1.82) is 0 Å². The van der Waals surface area contributed by atoms with Gasteiger partial charge < -0.3 is 9.47 Å². The van der Waals surface area contributed by atoms with Gasteiger partial charge in [0.25, 0.3) is 0 Å². The van der Waals surface area contributed by atoms with Crippen molar-refractivity contribution >= 4 is 12.1 Å². The summed E-state index contributed by atoms with van der Waals surface area (Å²) in [6, 6.07) is -0.607. The molecule has 0 spiro atoms. The van der Waals surface area contributed by atoms with Gasteiger partial charge in [0.15, 0.2) is 0 Å². The monoisotopic (exact) mass is 343 g/mol. The fraction of sp³-hybridized carbons (Fsp3) is 0.895. The van der Waals surface area contributed by atoms with Gasteiger partial charge in [0, 0.05) is 7.05 Å². The highest BCUT2D eigenvalue weighted by Crippen LogP contribution is 2.14. The number of amides is 1. The number of carbonyl (C=O) groups is 2. The van der Waals surface area contributed by atoms with E-state index in [0.717, 1.165) is 12.8 Å². The molecule has 24 heavy (non-hydrogen) atoms. The van der Waals surface area contributed by atoms with Gasteiger partial charge in [-0.1, -0.05) is 66.7 Å². The van der Waals surface area contributed by atoms with Crippen LogP contribution >= 0.6 is 0 Å². The fourth-order valence-corrected chi connectivity index (χ4v) is 2.47. The van der Waals surface area contributed by atoms with E-state index in [-0.39, 0.29) is 17.8 Å². The normalized spacial score (nSPS) is 12.3. The summed E-state index contributed by atoms with van der Waals surface area (Å²) in [4.78, 5) is 25.8. The van der Waals surface area contributed by atoms with Gasteiger partial charge in [-0.05, 0) is 18.3 Å². The number of carbonyl (C=O) groups excluding carboxylic acids is 2. The summed E-state index contributed by atoms with van der Waals surface area (Å²) in [5, 5.41) is 0. The van der Waals surface area contributed by atoms with Crippen LogP contribution in [-0.2, 0) is 14.3 Å². The van der Waals surface area contributed by atoms with Crippen LogP contribution < -0.4 is 0 Å². The van der Waals surface area contributed by atoms with Crippen LogP contribution in [-0.4, -0.2) is 43.3 Å². The molecule has 0 aromatic rings. The van der Waals surface area contributed by atoms with Gasteiger partial charge in [-0.15, -0.1) is 0 Å². The second kappa shape index (κ2) is 13.1. The summed E-state index contributed by atoms with van der Waals surface area (Å²) in [6.07, 6.45) is 6.39. The molecule has 5 nitrogen and oxygen atoms in total. The van der Waals surface area contributed by atoms with Crippen LogP contribution in [0.5, 0.6) is 0 Å². The molecule has 0 aliphatic carbocycles. The van der Waals surface area contributed by atoms with Gasteiger partial charge in [0.05, 0.1) is 13.2 Å². The predicted molar refractivity (Wildman–Crippen MR) is 96.9 cm³/mol. The minimum Gasteiger partial charge on any atom is -0.464 e. The van der Waals surface area contributed by atoms with Crippen LogP contribution in [0.1, 0.15) is 73.1 Å². The van der Waals surface area contributed by atoms with E-state index < -0.39 is 12.1 Å². The number of hydrogen-bond donors (Lipinski definition) is 0. The third-order valence-electron chi connectivity index (χ3n) is 3.86. The number of esters is 1. The maximum atomic E-state index is 12.3. The zero-order valence-electron chi connectivity index (χ0n) is 16.5. The van der Waals surface area contributed by atoms with E-state index in [0.29, 0.717) is 13.2 Å². The minimum absolute atomic E-state index is 0.0290. The Morgan fingerprint density at radius 1 is 0.917 bits per heavy atom. The van der Waals surface area contributed by atoms with Crippen LogP contribution in [0, 0.1) is 11.8 Å². The molecule has 1 atom stereocenters. The molecule has 0 bridgehead atoms. The number of unbranched alkanes of at least 4 members (excludes halogenated alkanes) is 5. The Kier molecular flexibility index (Phi) is 12.4. The Balaban J connectivity index is 4.28. The van der Waals surface area contributed by atoms with Crippen molar-refractivity contribution in [3.8, 4) is 0 Å². The Morgan fingerprint density at radius 2 is 1.50 bits per heavy atom. The minimum atomic E-state index is -0.607. The molecule has 0 saturated heterocycles. The molecule has 0 aliphatic rings. The lowest BCUT2D eigenvalue weighted by Crippen LogP contribution is -2.47. The zero-order valence-corrected chi connectivity index (χ0v) is 16.5. The molecular formula is C19H37NO4. The van der Waals surface area contributed by atoms with E-state index >= 15 is 0 Å². The van der Waals surface area contributed by atoms with E-state index in [4.69, 9.17) is 9.47 Å². The van der Waals surface area contributed by atoms with Crippen molar-refractivity contribution in [2.24, 2.45) is 11.8 Å². The van der Waals surface area contributed by atoms with Crippen LogP contribution in [0.3, 0.4) is 0 Å². The molecular weight excluding hydrogens is 306 g/mol. The molecule has 0 aliphatic heterocycles. The third kappa shape index (κ3) is 9.78. The van der Waals surface area contributed by atoms with Crippen LogP contribution in [0.2, 0.25) is 0 Å². The molecule has 0 rings (SSSR count). The highest BCUT2D eigenvalue weighted by atomic mass is 16.6. The molecule has 0 fully saturated rings. The summed E-state index contributed by atoms with van der Waals surface area (Å²) in [5.41, 5.74) is 0. The number of likely N-dealkylation sites (N-methyl/N-ethyl adjacent to an activating group) is 1. The number of nitrogens with zero attached hydrogens (tertiary/aromatic N) is 1. The van der Waals surface area contributed by atoms with Crippen molar-refractivity contribution in [2.45, 2.75) is 79.2 Å².